The van der Waals surface area contributed by atoms with E-state index in [4.69, 9.17) is 33.8 Å². The number of hydrogen-bond donors (Lipinski definition) is 13. The Balaban J connectivity index is 3.33. The van der Waals surface area contributed by atoms with Crippen LogP contribution in [0.2, 0.25) is 0 Å². The van der Waals surface area contributed by atoms with Gasteiger partial charge in [-0.25, -0.2) is 4.98 Å². The molecule has 0 unspecified atom stereocenters. The van der Waals surface area contributed by atoms with Gasteiger partial charge >= 0.3 is 11.9 Å². The maximum absolute atomic E-state index is 13.7. The number of aliphatic carboxylic acids is 2. The number of carboxylic acid groups (broad SMARTS) is 2. The van der Waals surface area contributed by atoms with Crippen molar-refractivity contribution in [3.63, 3.8) is 0 Å². The number of nitrogens with two attached hydrogens (primary N) is 5. The summed E-state index contributed by atoms with van der Waals surface area (Å²) in [6.07, 6.45) is 1.99. The summed E-state index contributed by atoms with van der Waals surface area (Å²) in [5, 5.41) is 30.3. The Morgan fingerprint density at radius 3 is 1.63 bits per heavy atom. The van der Waals surface area contributed by atoms with E-state index >= 15 is 0 Å². The van der Waals surface area contributed by atoms with Crippen LogP contribution in [0.5, 0.6) is 0 Å². The molecule has 6 atom stereocenters. The number of primary amides is 2. The third kappa shape index (κ3) is 20.5. The second-order valence-corrected chi connectivity index (χ2v) is 13.7. The first-order valence-electron chi connectivity index (χ1n) is 17.6. The predicted octanol–water partition coefficient (Wildman–Crippen LogP) is -5.01. The number of amides is 7. The molecule has 0 saturated carbocycles. The van der Waals surface area contributed by atoms with Gasteiger partial charge in [0, 0.05) is 44.1 Å². The van der Waals surface area contributed by atoms with E-state index in [1.165, 1.54) is 24.3 Å². The minimum atomic E-state index is -1.52. The molecule has 0 bridgehead atoms. The summed E-state index contributed by atoms with van der Waals surface area (Å²) < 4.78 is 0. The highest BCUT2D eigenvalue weighted by molar-refractivity contribution is 7.98. The van der Waals surface area contributed by atoms with Crippen molar-refractivity contribution < 1.29 is 53.4 Å². The lowest BCUT2D eigenvalue weighted by Crippen LogP contribution is -2.59. The maximum Gasteiger partial charge on any atom is 0.303 e. The fourth-order valence-electron chi connectivity index (χ4n) is 4.99. The summed E-state index contributed by atoms with van der Waals surface area (Å²) in [5.41, 5.74) is 27.8. The van der Waals surface area contributed by atoms with Gasteiger partial charge in [-0.3, -0.25) is 48.1 Å². The molecule has 0 aliphatic heterocycles. The lowest BCUT2D eigenvalue weighted by atomic mass is 10.0. The number of aromatic nitrogens is 2. The van der Waals surface area contributed by atoms with Crippen LogP contribution in [0.1, 0.15) is 63.5 Å². The molecule has 1 rings (SSSR count). The lowest BCUT2D eigenvalue weighted by Gasteiger charge is -2.27. The van der Waals surface area contributed by atoms with Gasteiger partial charge in [0.05, 0.1) is 12.4 Å². The molecule has 0 spiro atoms. The highest BCUT2D eigenvalue weighted by atomic mass is 32.2. The third-order valence-corrected chi connectivity index (χ3v) is 8.70. The average molecular weight is 828 g/mol. The van der Waals surface area contributed by atoms with Crippen LogP contribution in [0, 0.1) is 0 Å². The normalized spacial score (nSPS) is 13.9. The second kappa shape index (κ2) is 26.0. The average Bonchev–Trinajstić information content (AvgIpc) is 3.65. The molecular weight excluding hydrogens is 774 g/mol. The van der Waals surface area contributed by atoms with Crippen LogP contribution in [-0.4, -0.2) is 134 Å². The molecule has 0 fully saturated rings. The van der Waals surface area contributed by atoms with Gasteiger partial charge in [-0.15, -0.1) is 0 Å². The largest absolute Gasteiger partial charge is 0.481 e. The number of carbonyl (C=O) groups excluding carboxylic acids is 7. The molecule has 0 saturated heterocycles. The molecule has 24 nitrogen and oxygen atoms in total. The predicted molar refractivity (Wildman–Crippen MR) is 204 cm³/mol. The molecule has 25 heteroatoms. The summed E-state index contributed by atoms with van der Waals surface area (Å²) in [5.74, 6) is -8.80. The van der Waals surface area contributed by atoms with E-state index in [1.807, 2.05) is 0 Å². The Hall–Kier alpha value is -5.98. The van der Waals surface area contributed by atoms with Crippen LogP contribution in [0.25, 0.3) is 0 Å². The highest BCUT2D eigenvalue weighted by Gasteiger charge is 2.33. The van der Waals surface area contributed by atoms with Gasteiger partial charge in [0.2, 0.25) is 41.4 Å². The lowest BCUT2D eigenvalue weighted by molar-refractivity contribution is -0.139. The van der Waals surface area contributed by atoms with E-state index in [9.17, 15) is 48.3 Å². The summed E-state index contributed by atoms with van der Waals surface area (Å²) in [6, 6.07) is -8.34. The number of H-pyrrole nitrogens is 1. The van der Waals surface area contributed by atoms with Gasteiger partial charge in [0.15, 0.2) is 5.96 Å². The molecule has 1 heterocycles. The number of carboxylic acids is 2. The Morgan fingerprint density at radius 1 is 0.702 bits per heavy atom. The molecule has 0 aliphatic rings. The van der Waals surface area contributed by atoms with Crippen molar-refractivity contribution in [1.82, 2.24) is 36.6 Å². The molecule has 1 aromatic rings. The van der Waals surface area contributed by atoms with Crippen LogP contribution in [-0.2, 0) is 49.6 Å². The smallest absolute Gasteiger partial charge is 0.303 e. The van der Waals surface area contributed by atoms with Gasteiger partial charge < -0.3 is 70.4 Å². The molecule has 1 aromatic heterocycles. The zero-order chi connectivity index (χ0) is 43.1. The molecule has 57 heavy (non-hydrogen) atoms. The van der Waals surface area contributed by atoms with E-state index in [2.05, 4.69) is 41.5 Å². The van der Waals surface area contributed by atoms with Crippen LogP contribution in [0.3, 0.4) is 0 Å². The molecule has 0 radical (unpaired) electrons. The van der Waals surface area contributed by atoms with Gasteiger partial charge in [-0.1, -0.05) is 0 Å². The van der Waals surface area contributed by atoms with Gasteiger partial charge in [0.25, 0.3) is 0 Å². The van der Waals surface area contributed by atoms with Gasteiger partial charge in [0.1, 0.15) is 30.2 Å². The summed E-state index contributed by atoms with van der Waals surface area (Å²) in [7, 11) is 0. The summed E-state index contributed by atoms with van der Waals surface area (Å²) in [6.45, 7) is 0.0518. The number of imidazole rings is 1. The number of aromatic amines is 1. The minimum absolute atomic E-state index is 0.0265. The van der Waals surface area contributed by atoms with Crippen LogP contribution in [0.4, 0.5) is 0 Å². The van der Waals surface area contributed by atoms with E-state index in [0.717, 1.165) is 0 Å². The fraction of sp³-hybridized carbons (Fsp3) is 0.594. The van der Waals surface area contributed by atoms with Crippen molar-refractivity contribution in [3.8, 4) is 0 Å². The molecule has 0 aliphatic carbocycles. The van der Waals surface area contributed by atoms with E-state index in [1.54, 1.807) is 6.26 Å². The number of nitrogens with one attached hydrogen (secondary N) is 6. The van der Waals surface area contributed by atoms with Crippen LogP contribution in [0.15, 0.2) is 17.5 Å². The standard InChI is InChI=1S/C32H53N13O11S/c1-57-12-10-21(44-30(55)20(6-9-25(49)50)41-27(52)17(33)4-8-24(47)48)31(56)43-19(5-7-23(34)46)29(54)42-18(3-2-11-39-32(36)37)28(53)45-22(26(35)51)13-16-14-38-15-40-16/h14-15,17-22H,2-13,33H2,1H3,(H2,34,46)(H2,35,51)(H,38,40)(H,41,52)(H,42,54)(H,43,56)(H,44,55)(H,45,53)(H,47,48)(H,49,50)(H4,36,37,39)/t17-,18-,19-,20-,21-,22-/m0/s1. The number of thioether (sulfide) groups is 1. The van der Waals surface area contributed by atoms with Crippen molar-refractivity contribution in [2.45, 2.75) is 100 Å². The number of nitrogens with zero attached hydrogens (tertiary/aromatic N) is 2. The number of aliphatic imine (C=N–C) groups is 1. The Kier molecular flexibility index (Phi) is 22.4. The van der Waals surface area contributed by atoms with Gasteiger partial charge in [-0.05, 0) is 50.5 Å². The zero-order valence-corrected chi connectivity index (χ0v) is 32.2. The quantitative estimate of drug-likeness (QED) is 0.0204. The monoisotopic (exact) mass is 827 g/mol. The first-order chi connectivity index (χ1) is 26.8. The molecule has 318 valence electrons. The Labute approximate surface area is 331 Å². The number of guanidine groups is 1. The van der Waals surface area contributed by atoms with E-state index < -0.39 is 115 Å². The van der Waals surface area contributed by atoms with Crippen molar-refractivity contribution in [1.29, 1.82) is 0 Å². The second-order valence-electron chi connectivity index (χ2n) is 12.7. The topological polar surface area (TPSA) is 425 Å². The van der Waals surface area contributed by atoms with E-state index in [0.29, 0.717) is 11.4 Å². The number of hydrogen-bond acceptors (Lipinski definition) is 13. The molecule has 7 amide bonds. The van der Waals surface area contributed by atoms with Crippen molar-refractivity contribution in [3.05, 3.63) is 18.2 Å². The number of rotatable bonds is 29. The SMILES string of the molecule is CSCC[C@H](NC(=O)[C@H](CCC(=O)O)NC(=O)[C@@H](N)CCC(=O)O)C(=O)N[C@@H](CCC(N)=O)C(=O)N[C@@H](CCCN=C(N)N)C(=O)N[C@@H](Cc1cnc[nH]1)C(N)=O. The Morgan fingerprint density at radius 2 is 1.18 bits per heavy atom. The zero-order valence-electron chi connectivity index (χ0n) is 31.4. The minimum Gasteiger partial charge on any atom is -0.481 e. The number of carbonyl (C=O) groups is 9. The van der Waals surface area contributed by atoms with Crippen LogP contribution >= 0.6 is 11.8 Å². The van der Waals surface area contributed by atoms with E-state index in [-0.39, 0.29) is 51.0 Å². The molecular formula is C32H53N13O11S. The molecule has 18 N–H and O–H groups in total. The van der Waals surface area contributed by atoms with Gasteiger partial charge in [-0.2, -0.15) is 11.8 Å². The first kappa shape index (κ1) is 49.0. The van der Waals surface area contributed by atoms with Crippen molar-refractivity contribution in [2.75, 3.05) is 18.6 Å². The Bertz CT molecular complexity index is 1570. The summed E-state index contributed by atoms with van der Waals surface area (Å²) in [4.78, 5) is 124. The first-order valence-corrected chi connectivity index (χ1v) is 19.0. The van der Waals surface area contributed by atoms with Crippen molar-refractivity contribution >= 4 is 71.0 Å². The summed E-state index contributed by atoms with van der Waals surface area (Å²) >= 11 is 1.30. The van der Waals surface area contributed by atoms with Crippen molar-refractivity contribution in [2.24, 2.45) is 33.7 Å². The highest BCUT2D eigenvalue weighted by Crippen LogP contribution is 2.09. The van der Waals surface area contributed by atoms with Crippen LogP contribution < -0.4 is 55.3 Å². The fourth-order valence-corrected chi connectivity index (χ4v) is 5.46. The third-order valence-electron chi connectivity index (χ3n) is 8.06. The molecule has 0 aromatic carbocycles. The maximum atomic E-state index is 13.7.